The van der Waals surface area contributed by atoms with Gasteiger partial charge in [0.2, 0.25) is 6.08 Å². The maximum atomic E-state index is 12.0. The van der Waals surface area contributed by atoms with Gasteiger partial charge in [0.15, 0.2) is 0 Å². The summed E-state index contributed by atoms with van der Waals surface area (Å²) < 4.78 is 1.84. The number of carbonyl (C=O) groups excluding carboxylic acids is 1. The first kappa shape index (κ1) is 11.7. The molecule has 1 N–H and O–H groups in total. The summed E-state index contributed by atoms with van der Waals surface area (Å²) in [4.78, 5) is 29.6. The van der Waals surface area contributed by atoms with Crippen LogP contribution in [-0.2, 0) is 10.3 Å². The lowest BCUT2D eigenvalue weighted by Gasteiger charge is -2.37. The Hall–Kier alpha value is -2.13. The number of imidazole rings is 1. The van der Waals surface area contributed by atoms with Gasteiger partial charge < -0.3 is 4.98 Å². The van der Waals surface area contributed by atoms with Crippen LogP contribution in [0.2, 0.25) is 0 Å². The molecule has 1 aromatic carbocycles. The number of aromatic nitrogens is 2. The molecule has 4 rings (SSSR count). The van der Waals surface area contributed by atoms with Crippen molar-refractivity contribution in [2.24, 2.45) is 4.99 Å². The van der Waals surface area contributed by atoms with Crippen molar-refractivity contribution in [3.8, 4) is 0 Å². The molecule has 2 aromatic rings. The van der Waals surface area contributed by atoms with Gasteiger partial charge in [-0.25, -0.2) is 9.59 Å². The molecule has 5 heteroatoms. The highest BCUT2D eigenvalue weighted by Gasteiger charge is 2.39. The molecular weight excluding hydrogens is 254 g/mol. The lowest BCUT2D eigenvalue weighted by Crippen LogP contribution is -2.31. The Morgan fingerprint density at radius 1 is 1.35 bits per heavy atom. The van der Waals surface area contributed by atoms with E-state index >= 15 is 0 Å². The molecule has 0 bridgehead atoms. The van der Waals surface area contributed by atoms with Crippen molar-refractivity contribution in [3.63, 3.8) is 0 Å². The van der Waals surface area contributed by atoms with Crippen LogP contribution in [0.5, 0.6) is 0 Å². The van der Waals surface area contributed by atoms with Gasteiger partial charge in [-0.15, -0.1) is 0 Å². The van der Waals surface area contributed by atoms with Crippen LogP contribution in [0.1, 0.15) is 43.7 Å². The molecule has 5 nitrogen and oxygen atoms in total. The molecule has 2 aliphatic carbocycles. The van der Waals surface area contributed by atoms with Crippen LogP contribution >= 0.6 is 0 Å². The summed E-state index contributed by atoms with van der Waals surface area (Å²) in [6, 6.07) is 6.29. The summed E-state index contributed by atoms with van der Waals surface area (Å²) >= 11 is 0. The van der Waals surface area contributed by atoms with E-state index in [1.54, 1.807) is 6.08 Å². The van der Waals surface area contributed by atoms with Gasteiger partial charge in [-0.05, 0) is 49.8 Å². The normalized spacial score (nSPS) is 20.4. The third-order valence-corrected chi connectivity index (χ3v) is 4.61. The van der Waals surface area contributed by atoms with E-state index in [0.29, 0.717) is 6.04 Å². The van der Waals surface area contributed by atoms with E-state index in [4.69, 9.17) is 0 Å². The van der Waals surface area contributed by atoms with Crippen LogP contribution in [-0.4, -0.2) is 15.6 Å². The van der Waals surface area contributed by atoms with E-state index < -0.39 is 5.54 Å². The number of aliphatic imine (C=N–C) groups is 1. The van der Waals surface area contributed by atoms with Gasteiger partial charge in [-0.3, -0.25) is 4.57 Å². The maximum Gasteiger partial charge on any atom is 0.326 e. The Kier molecular flexibility index (Phi) is 2.30. The first-order valence-corrected chi connectivity index (χ1v) is 7.07. The average Bonchev–Trinajstić information content (AvgIpc) is 3.16. The van der Waals surface area contributed by atoms with Crippen molar-refractivity contribution >= 4 is 17.1 Å². The second-order valence-electron chi connectivity index (χ2n) is 5.85. The van der Waals surface area contributed by atoms with Crippen LogP contribution in [0.15, 0.2) is 28.0 Å². The molecule has 2 aliphatic rings. The Morgan fingerprint density at radius 2 is 2.15 bits per heavy atom. The molecule has 1 heterocycles. The summed E-state index contributed by atoms with van der Waals surface area (Å²) in [5.41, 5.74) is 2.34. The largest absolute Gasteiger partial charge is 0.326 e. The highest BCUT2D eigenvalue weighted by Crippen LogP contribution is 2.45. The molecule has 2 saturated carbocycles. The van der Waals surface area contributed by atoms with Gasteiger partial charge in [-0.2, -0.15) is 4.99 Å². The van der Waals surface area contributed by atoms with E-state index in [9.17, 15) is 9.59 Å². The molecule has 0 atom stereocenters. The van der Waals surface area contributed by atoms with Crippen molar-refractivity contribution in [3.05, 3.63) is 34.2 Å². The molecule has 2 fully saturated rings. The number of nitrogens with zero attached hydrogens (tertiary/aromatic N) is 2. The van der Waals surface area contributed by atoms with Crippen LogP contribution in [0, 0.1) is 0 Å². The summed E-state index contributed by atoms with van der Waals surface area (Å²) in [5, 5.41) is 0. The van der Waals surface area contributed by atoms with Crippen LogP contribution < -0.4 is 5.69 Å². The minimum Gasteiger partial charge on any atom is -0.306 e. The predicted octanol–water partition coefficient (Wildman–Crippen LogP) is 2.38. The van der Waals surface area contributed by atoms with Crippen molar-refractivity contribution in [2.45, 2.75) is 43.7 Å². The Morgan fingerprint density at radius 3 is 2.75 bits per heavy atom. The SMILES string of the molecule is O=C=NC1(c2ccc3c(c2)[nH]c(=O)n3C2CC2)CCC1. The van der Waals surface area contributed by atoms with E-state index in [2.05, 4.69) is 9.98 Å². The van der Waals surface area contributed by atoms with Crippen LogP contribution in [0.3, 0.4) is 0 Å². The van der Waals surface area contributed by atoms with Gasteiger partial charge in [0, 0.05) is 6.04 Å². The summed E-state index contributed by atoms with van der Waals surface area (Å²) in [5.74, 6) is 0. The molecule has 0 radical (unpaired) electrons. The molecule has 0 amide bonds. The second-order valence-corrected chi connectivity index (χ2v) is 5.85. The molecule has 0 aliphatic heterocycles. The van der Waals surface area contributed by atoms with Gasteiger partial charge >= 0.3 is 5.69 Å². The monoisotopic (exact) mass is 269 g/mol. The fourth-order valence-electron chi connectivity index (χ4n) is 3.18. The van der Waals surface area contributed by atoms with E-state index in [1.165, 1.54) is 0 Å². The van der Waals surface area contributed by atoms with Gasteiger partial charge in [-0.1, -0.05) is 6.07 Å². The number of isocyanates is 1. The van der Waals surface area contributed by atoms with Gasteiger partial charge in [0.1, 0.15) is 0 Å². The quantitative estimate of drug-likeness (QED) is 0.686. The molecule has 0 unspecified atom stereocenters. The predicted molar refractivity (Wildman–Crippen MR) is 74.5 cm³/mol. The highest BCUT2D eigenvalue weighted by atomic mass is 16.1. The molecular formula is C15H15N3O2. The molecule has 20 heavy (non-hydrogen) atoms. The smallest absolute Gasteiger partial charge is 0.306 e. The fourth-order valence-corrected chi connectivity index (χ4v) is 3.18. The van der Waals surface area contributed by atoms with E-state index in [1.807, 2.05) is 22.8 Å². The lowest BCUT2D eigenvalue weighted by atomic mass is 9.72. The maximum absolute atomic E-state index is 12.0. The zero-order valence-electron chi connectivity index (χ0n) is 11.1. The Balaban J connectivity index is 1.87. The van der Waals surface area contributed by atoms with Crippen molar-refractivity contribution < 1.29 is 4.79 Å². The average molecular weight is 269 g/mol. The minimum atomic E-state index is -0.408. The van der Waals surface area contributed by atoms with Crippen molar-refractivity contribution in [1.29, 1.82) is 0 Å². The third-order valence-electron chi connectivity index (χ3n) is 4.61. The topological polar surface area (TPSA) is 67.2 Å². The number of benzene rings is 1. The summed E-state index contributed by atoms with van der Waals surface area (Å²) in [7, 11) is 0. The van der Waals surface area contributed by atoms with Crippen molar-refractivity contribution in [2.75, 3.05) is 0 Å². The number of hydrogen-bond acceptors (Lipinski definition) is 3. The number of nitrogens with one attached hydrogen (secondary N) is 1. The molecule has 0 spiro atoms. The lowest BCUT2D eigenvalue weighted by molar-refractivity contribution is 0.256. The number of fused-ring (bicyclic) bond motifs is 1. The molecule has 0 saturated heterocycles. The number of hydrogen-bond donors (Lipinski definition) is 1. The van der Waals surface area contributed by atoms with Gasteiger partial charge in [0.05, 0.1) is 16.6 Å². The van der Waals surface area contributed by atoms with E-state index in [0.717, 1.165) is 48.7 Å². The van der Waals surface area contributed by atoms with Crippen LogP contribution in [0.4, 0.5) is 0 Å². The standard InChI is InChI=1S/C15H15N3O2/c19-9-16-15(6-1-7-15)10-2-5-13-12(8-10)17-14(20)18(13)11-3-4-11/h2,5,8,11H,1,3-4,6-7H2,(H,17,20). The first-order chi connectivity index (χ1) is 9.73. The summed E-state index contributed by atoms with van der Waals surface area (Å²) in [6.07, 6.45) is 6.68. The highest BCUT2D eigenvalue weighted by molar-refractivity contribution is 5.77. The first-order valence-electron chi connectivity index (χ1n) is 7.07. The number of aromatic amines is 1. The minimum absolute atomic E-state index is 0.0406. The second kappa shape index (κ2) is 3.93. The Labute approximate surface area is 115 Å². The Bertz CT molecular complexity index is 787. The van der Waals surface area contributed by atoms with Gasteiger partial charge in [0.25, 0.3) is 0 Å². The fraction of sp³-hybridized carbons (Fsp3) is 0.467. The molecule has 102 valence electrons. The zero-order valence-corrected chi connectivity index (χ0v) is 11.1. The third kappa shape index (κ3) is 1.53. The van der Waals surface area contributed by atoms with Crippen molar-refractivity contribution in [1.82, 2.24) is 9.55 Å². The van der Waals surface area contributed by atoms with E-state index in [-0.39, 0.29) is 5.69 Å². The zero-order chi connectivity index (χ0) is 13.7. The number of rotatable bonds is 3. The van der Waals surface area contributed by atoms with Crippen LogP contribution in [0.25, 0.3) is 11.0 Å². The number of H-pyrrole nitrogens is 1. The summed E-state index contributed by atoms with van der Waals surface area (Å²) in [6.45, 7) is 0. The molecule has 1 aromatic heterocycles.